The third-order valence-electron chi connectivity index (χ3n) is 6.62. The van der Waals surface area contributed by atoms with Crippen molar-refractivity contribution in [3.63, 3.8) is 0 Å². The molecule has 1 aliphatic rings. The van der Waals surface area contributed by atoms with Crippen molar-refractivity contribution < 1.29 is 23.9 Å². The zero-order chi connectivity index (χ0) is 27.0. The molecule has 0 spiro atoms. The van der Waals surface area contributed by atoms with Gasteiger partial charge in [0.2, 0.25) is 11.8 Å². The van der Waals surface area contributed by atoms with E-state index in [1.54, 1.807) is 21.1 Å². The van der Waals surface area contributed by atoms with Crippen LogP contribution in [0.25, 0.3) is 0 Å². The summed E-state index contributed by atoms with van der Waals surface area (Å²) in [5, 5.41) is 8.91. The predicted molar refractivity (Wildman–Crippen MR) is 142 cm³/mol. The van der Waals surface area contributed by atoms with Crippen molar-refractivity contribution in [2.24, 2.45) is 5.92 Å². The highest BCUT2D eigenvalue weighted by Crippen LogP contribution is 2.29. The molecule has 0 aromatic heterocycles. The molecule has 2 aromatic carbocycles. The summed E-state index contributed by atoms with van der Waals surface area (Å²) < 4.78 is 10.6. The molecule has 1 heterocycles. The average Bonchev–Trinajstić information content (AvgIpc) is 3.64. The smallest absolute Gasteiger partial charge is 0.243 e. The summed E-state index contributed by atoms with van der Waals surface area (Å²) in [6.45, 7) is 6.11. The third-order valence-corrected chi connectivity index (χ3v) is 6.62. The number of amides is 2. The Kier molecular flexibility index (Phi) is 9.83. The maximum atomic E-state index is 13.5. The van der Waals surface area contributed by atoms with Crippen molar-refractivity contribution in [2.75, 3.05) is 20.8 Å². The van der Waals surface area contributed by atoms with Crippen molar-refractivity contribution in [1.29, 1.82) is 0 Å². The summed E-state index contributed by atoms with van der Waals surface area (Å²) >= 11 is 0. The van der Waals surface area contributed by atoms with Gasteiger partial charge in [0.15, 0.2) is 5.78 Å². The first-order chi connectivity index (χ1) is 17.6. The van der Waals surface area contributed by atoms with Gasteiger partial charge in [-0.3, -0.25) is 14.4 Å². The first-order valence-electron chi connectivity index (χ1n) is 12.8. The number of methoxy groups -OCH3 is 1. The number of likely N-dealkylation sites (N-methyl/N-ethyl adjacent to an activating group) is 1. The number of carbonyl (C=O) groups excluding carboxylic acids is 3. The number of rotatable bonds is 14. The van der Waals surface area contributed by atoms with Gasteiger partial charge in [0, 0.05) is 6.42 Å². The molecule has 2 amide bonds. The fraction of sp³-hybridized carbons (Fsp3) is 0.483. The molecule has 0 radical (unpaired) electrons. The average molecular weight is 510 g/mol. The van der Waals surface area contributed by atoms with Gasteiger partial charge in [-0.25, -0.2) is 0 Å². The first kappa shape index (κ1) is 28.3. The lowest BCUT2D eigenvalue weighted by molar-refractivity contribution is -0.133. The Hall–Kier alpha value is -3.23. The zero-order valence-corrected chi connectivity index (χ0v) is 22.4. The molecular formula is C29H39N3O5. The monoisotopic (exact) mass is 509 g/mol. The topological polar surface area (TPSA) is 109 Å². The largest absolute Gasteiger partial charge is 0.497 e. The predicted octanol–water partition coefficient (Wildman–Crippen LogP) is 2.44. The van der Waals surface area contributed by atoms with Crippen LogP contribution in [0.3, 0.4) is 0 Å². The fourth-order valence-corrected chi connectivity index (χ4v) is 4.25. The van der Waals surface area contributed by atoms with Gasteiger partial charge in [0.05, 0.1) is 25.8 Å². The number of nitrogens with one attached hydrogen (secondary N) is 3. The fourth-order valence-electron chi connectivity index (χ4n) is 4.25. The molecule has 4 atom stereocenters. The molecule has 0 aliphatic carbocycles. The van der Waals surface area contributed by atoms with Crippen LogP contribution in [-0.2, 0) is 32.0 Å². The quantitative estimate of drug-likeness (QED) is 0.338. The van der Waals surface area contributed by atoms with Gasteiger partial charge in [-0.1, -0.05) is 56.3 Å². The highest BCUT2D eigenvalue weighted by Gasteiger charge is 2.50. The van der Waals surface area contributed by atoms with Crippen LogP contribution >= 0.6 is 0 Å². The summed E-state index contributed by atoms with van der Waals surface area (Å²) in [4.78, 5) is 39.9. The first-order valence-corrected chi connectivity index (χ1v) is 12.8. The van der Waals surface area contributed by atoms with Crippen molar-refractivity contribution in [3.8, 4) is 5.75 Å². The van der Waals surface area contributed by atoms with Crippen LogP contribution in [0.1, 0.15) is 38.3 Å². The lowest BCUT2D eigenvalue weighted by Gasteiger charge is -2.26. The minimum atomic E-state index is -0.850. The maximum absolute atomic E-state index is 13.5. The second-order valence-corrected chi connectivity index (χ2v) is 10.2. The Balaban J connectivity index is 1.76. The van der Waals surface area contributed by atoms with Crippen molar-refractivity contribution in [1.82, 2.24) is 16.0 Å². The van der Waals surface area contributed by atoms with Crippen LogP contribution in [0, 0.1) is 5.92 Å². The maximum Gasteiger partial charge on any atom is 0.243 e. The van der Waals surface area contributed by atoms with E-state index in [9.17, 15) is 14.4 Å². The van der Waals surface area contributed by atoms with Crippen molar-refractivity contribution in [2.45, 2.75) is 63.8 Å². The molecule has 0 unspecified atom stereocenters. The molecule has 3 rings (SSSR count). The van der Waals surface area contributed by atoms with Crippen molar-refractivity contribution in [3.05, 3.63) is 65.7 Å². The molecule has 8 heteroatoms. The number of ether oxygens (including phenoxy) is 2. The van der Waals surface area contributed by atoms with Crippen LogP contribution in [0.2, 0.25) is 0 Å². The minimum absolute atomic E-state index is 0.132. The number of benzene rings is 2. The van der Waals surface area contributed by atoms with Crippen LogP contribution in [0.4, 0.5) is 0 Å². The molecule has 200 valence electrons. The molecule has 1 saturated heterocycles. The van der Waals surface area contributed by atoms with Crippen LogP contribution in [-0.4, -0.2) is 62.1 Å². The molecular weight excluding hydrogens is 470 g/mol. The van der Waals surface area contributed by atoms with E-state index < -0.39 is 23.7 Å². The normalized spacial score (nSPS) is 19.0. The molecule has 0 bridgehead atoms. The number of hydrogen-bond acceptors (Lipinski definition) is 6. The molecule has 1 fully saturated rings. The van der Waals surface area contributed by atoms with Gasteiger partial charge in [0.25, 0.3) is 0 Å². The minimum Gasteiger partial charge on any atom is -0.497 e. The number of carbonyl (C=O) groups is 3. The van der Waals surface area contributed by atoms with Gasteiger partial charge in [-0.2, -0.15) is 0 Å². The van der Waals surface area contributed by atoms with Gasteiger partial charge in [0.1, 0.15) is 17.4 Å². The lowest BCUT2D eigenvalue weighted by atomic mass is 9.93. The molecule has 37 heavy (non-hydrogen) atoms. The summed E-state index contributed by atoms with van der Waals surface area (Å²) in [6, 6.07) is 14.9. The Bertz CT molecular complexity index is 1050. The van der Waals surface area contributed by atoms with Crippen molar-refractivity contribution >= 4 is 17.6 Å². The Labute approximate surface area is 219 Å². The van der Waals surface area contributed by atoms with E-state index in [4.69, 9.17) is 9.47 Å². The summed E-state index contributed by atoms with van der Waals surface area (Å²) in [7, 11) is 3.32. The van der Waals surface area contributed by atoms with E-state index >= 15 is 0 Å². The highest BCUT2D eigenvalue weighted by molar-refractivity contribution is 5.98. The molecule has 3 N–H and O–H groups in total. The summed E-state index contributed by atoms with van der Waals surface area (Å²) in [6.07, 6.45) is 1.23. The Morgan fingerprint density at radius 1 is 0.892 bits per heavy atom. The van der Waals surface area contributed by atoms with E-state index in [1.165, 1.54) is 0 Å². The van der Waals surface area contributed by atoms with Gasteiger partial charge < -0.3 is 25.4 Å². The SMILES string of the molecule is CN[C@@H](Cc1ccc(OC)cc1)C(=O)N[C@@H](Cc1ccccc1)C(=O)N[C@@H](CC(C)C)C(=O)[C@@]1(C)CO1. The van der Waals surface area contributed by atoms with Crippen LogP contribution < -0.4 is 20.7 Å². The molecule has 8 nitrogen and oxygen atoms in total. The summed E-state index contributed by atoms with van der Waals surface area (Å²) in [5.41, 5.74) is 1.02. The van der Waals surface area contributed by atoms with E-state index in [0.717, 1.165) is 16.9 Å². The van der Waals surface area contributed by atoms with E-state index in [1.807, 2.05) is 68.4 Å². The van der Waals surface area contributed by atoms with Gasteiger partial charge >= 0.3 is 0 Å². The second-order valence-electron chi connectivity index (χ2n) is 10.2. The van der Waals surface area contributed by atoms with Crippen LogP contribution in [0.15, 0.2) is 54.6 Å². The molecule has 2 aromatic rings. The molecule has 0 saturated carbocycles. The van der Waals surface area contributed by atoms with Gasteiger partial charge in [-0.05, 0) is 56.0 Å². The van der Waals surface area contributed by atoms with E-state index in [0.29, 0.717) is 25.9 Å². The lowest BCUT2D eigenvalue weighted by Crippen LogP contribution is -2.57. The highest BCUT2D eigenvalue weighted by atomic mass is 16.6. The Morgan fingerprint density at radius 3 is 1.97 bits per heavy atom. The van der Waals surface area contributed by atoms with Crippen LogP contribution in [0.5, 0.6) is 5.75 Å². The third kappa shape index (κ3) is 8.13. The molecule has 1 aliphatic heterocycles. The van der Waals surface area contributed by atoms with Gasteiger partial charge in [-0.15, -0.1) is 0 Å². The number of Topliss-reactive ketones (excluding diaryl/α,β-unsaturated/α-hetero) is 1. The van der Waals surface area contributed by atoms with E-state index in [2.05, 4.69) is 16.0 Å². The number of epoxide rings is 1. The second kappa shape index (κ2) is 12.8. The summed E-state index contributed by atoms with van der Waals surface area (Å²) in [5.74, 6) is 0.118. The zero-order valence-electron chi connectivity index (χ0n) is 22.4. The standard InChI is InChI=1S/C29H39N3O5/c1-19(2)15-23(26(33)29(3)18-37-29)31-28(35)25(17-20-9-7-6-8-10-20)32-27(34)24(30-4)16-21-11-13-22(36-5)14-12-21/h6-14,19,23-25,30H,15-18H2,1-5H3,(H,31,35)(H,32,34)/t23-,24-,25-,29+/m0/s1. The van der Waals surface area contributed by atoms with E-state index in [-0.39, 0.29) is 23.5 Å². The number of ketones is 1. The number of hydrogen-bond donors (Lipinski definition) is 3. The Morgan fingerprint density at radius 2 is 1.43 bits per heavy atom.